The van der Waals surface area contributed by atoms with E-state index in [9.17, 15) is 0 Å². The standard InChI is InChI=1S/C13H20O2S/c1-14-13(15-2)10-6-7-11-16-12-8-4-3-5-9-12/h3-5,8-9,13H,6-7,10-11H2,1-2H3. The first-order valence-corrected chi connectivity index (χ1v) is 6.59. The molecule has 1 aromatic carbocycles. The molecule has 0 aliphatic carbocycles. The van der Waals surface area contributed by atoms with Gasteiger partial charge >= 0.3 is 0 Å². The Hall–Kier alpha value is -0.510. The number of hydrogen-bond donors (Lipinski definition) is 0. The zero-order valence-electron chi connectivity index (χ0n) is 10.0. The number of unbranched alkanes of at least 4 members (excludes halogenated alkanes) is 1. The molecule has 1 rings (SSSR count). The first kappa shape index (κ1) is 13.6. The van der Waals surface area contributed by atoms with Crippen molar-refractivity contribution in [2.45, 2.75) is 30.4 Å². The van der Waals surface area contributed by atoms with Gasteiger partial charge in [0.25, 0.3) is 0 Å². The second-order valence-electron chi connectivity index (χ2n) is 3.56. The topological polar surface area (TPSA) is 18.5 Å². The zero-order valence-corrected chi connectivity index (χ0v) is 10.8. The van der Waals surface area contributed by atoms with Gasteiger partial charge in [0.15, 0.2) is 6.29 Å². The predicted molar refractivity (Wildman–Crippen MR) is 68.8 cm³/mol. The molecule has 0 aliphatic rings. The number of rotatable bonds is 8. The quantitative estimate of drug-likeness (QED) is 0.393. The molecule has 16 heavy (non-hydrogen) atoms. The monoisotopic (exact) mass is 240 g/mol. The summed E-state index contributed by atoms with van der Waals surface area (Å²) in [5.41, 5.74) is 0. The maximum absolute atomic E-state index is 5.14. The van der Waals surface area contributed by atoms with Crippen molar-refractivity contribution in [1.82, 2.24) is 0 Å². The summed E-state index contributed by atoms with van der Waals surface area (Å²) >= 11 is 1.91. The van der Waals surface area contributed by atoms with Gasteiger partial charge in [0, 0.05) is 19.1 Å². The van der Waals surface area contributed by atoms with Crippen molar-refractivity contribution in [1.29, 1.82) is 0 Å². The van der Waals surface area contributed by atoms with E-state index in [4.69, 9.17) is 9.47 Å². The van der Waals surface area contributed by atoms with E-state index >= 15 is 0 Å². The van der Waals surface area contributed by atoms with E-state index in [1.807, 2.05) is 17.8 Å². The average Bonchev–Trinajstić information content (AvgIpc) is 2.35. The molecule has 0 unspecified atom stereocenters. The number of thioether (sulfide) groups is 1. The van der Waals surface area contributed by atoms with Gasteiger partial charge in [-0.3, -0.25) is 0 Å². The van der Waals surface area contributed by atoms with Crippen LogP contribution in [-0.2, 0) is 9.47 Å². The molecule has 0 saturated carbocycles. The van der Waals surface area contributed by atoms with Gasteiger partial charge in [-0.25, -0.2) is 0 Å². The van der Waals surface area contributed by atoms with Crippen molar-refractivity contribution >= 4 is 11.8 Å². The van der Waals surface area contributed by atoms with Gasteiger partial charge < -0.3 is 9.47 Å². The SMILES string of the molecule is COC(CCCCSc1ccccc1)OC. The van der Waals surface area contributed by atoms with Crippen LogP contribution in [0.15, 0.2) is 35.2 Å². The normalized spacial score (nSPS) is 10.9. The number of hydrogen-bond acceptors (Lipinski definition) is 3. The van der Waals surface area contributed by atoms with Gasteiger partial charge in [0.05, 0.1) is 0 Å². The van der Waals surface area contributed by atoms with Crippen LogP contribution in [0.25, 0.3) is 0 Å². The molecular formula is C13H20O2S. The molecule has 1 aromatic rings. The van der Waals surface area contributed by atoms with Crippen LogP contribution in [0.4, 0.5) is 0 Å². The molecule has 0 fully saturated rings. The van der Waals surface area contributed by atoms with Crippen LogP contribution < -0.4 is 0 Å². The van der Waals surface area contributed by atoms with Crippen LogP contribution in [0.3, 0.4) is 0 Å². The van der Waals surface area contributed by atoms with Gasteiger partial charge in [0.1, 0.15) is 0 Å². The van der Waals surface area contributed by atoms with Crippen LogP contribution >= 0.6 is 11.8 Å². The van der Waals surface area contributed by atoms with Crippen molar-refractivity contribution < 1.29 is 9.47 Å². The highest BCUT2D eigenvalue weighted by Gasteiger charge is 2.03. The largest absolute Gasteiger partial charge is 0.356 e. The van der Waals surface area contributed by atoms with Crippen LogP contribution in [0, 0.1) is 0 Å². The highest BCUT2D eigenvalue weighted by Crippen LogP contribution is 2.19. The molecule has 90 valence electrons. The molecule has 0 aliphatic heterocycles. The molecule has 3 heteroatoms. The Kier molecular flexibility index (Phi) is 7.30. The third-order valence-corrected chi connectivity index (χ3v) is 3.47. The van der Waals surface area contributed by atoms with Crippen molar-refractivity contribution in [3.8, 4) is 0 Å². The van der Waals surface area contributed by atoms with Crippen molar-refractivity contribution in [2.75, 3.05) is 20.0 Å². The molecule has 0 amide bonds. The van der Waals surface area contributed by atoms with Crippen LogP contribution in [-0.4, -0.2) is 26.3 Å². The van der Waals surface area contributed by atoms with Gasteiger partial charge in [-0.1, -0.05) is 18.2 Å². The van der Waals surface area contributed by atoms with Crippen molar-refractivity contribution in [3.05, 3.63) is 30.3 Å². The van der Waals surface area contributed by atoms with Gasteiger partial charge in [-0.15, -0.1) is 11.8 Å². The van der Waals surface area contributed by atoms with Gasteiger partial charge in [0.2, 0.25) is 0 Å². The molecule has 0 heterocycles. The van der Waals surface area contributed by atoms with E-state index in [1.165, 1.54) is 11.3 Å². The van der Waals surface area contributed by atoms with Crippen LogP contribution in [0.2, 0.25) is 0 Å². The summed E-state index contributed by atoms with van der Waals surface area (Å²) in [6, 6.07) is 10.5. The van der Waals surface area contributed by atoms with Crippen molar-refractivity contribution in [3.63, 3.8) is 0 Å². The highest BCUT2D eigenvalue weighted by molar-refractivity contribution is 7.99. The molecule has 0 spiro atoms. The summed E-state index contributed by atoms with van der Waals surface area (Å²) in [6.07, 6.45) is 3.28. The third kappa shape index (κ3) is 5.54. The average molecular weight is 240 g/mol. The smallest absolute Gasteiger partial charge is 0.156 e. The Labute approximate surface area is 102 Å². The van der Waals surface area contributed by atoms with Crippen LogP contribution in [0.5, 0.6) is 0 Å². The number of benzene rings is 1. The minimum Gasteiger partial charge on any atom is -0.356 e. The second kappa shape index (κ2) is 8.62. The number of ether oxygens (including phenoxy) is 2. The van der Waals surface area contributed by atoms with E-state index in [-0.39, 0.29) is 6.29 Å². The summed E-state index contributed by atoms with van der Waals surface area (Å²) in [4.78, 5) is 1.34. The van der Waals surface area contributed by atoms with E-state index in [2.05, 4.69) is 24.3 Å². The van der Waals surface area contributed by atoms with Gasteiger partial charge in [-0.05, 0) is 37.1 Å². The van der Waals surface area contributed by atoms with E-state index in [0.717, 1.165) is 18.6 Å². The van der Waals surface area contributed by atoms with E-state index in [0.29, 0.717) is 0 Å². The van der Waals surface area contributed by atoms with Crippen molar-refractivity contribution in [2.24, 2.45) is 0 Å². The summed E-state index contributed by atoms with van der Waals surface area (Å²) < 4.78 is 10.3. The minimum atomic E-state index is -0.0401. The van der Waals surface area contributed by atoms with E-state index in [1.54, 1.807) is 14.2 Å². The molecule has 0 bridgehead atoms. The van der Waals surface area contributed by atoms with E-state index < -0.39 is 0 Å². The lowest BCUT2D eigenvalue weighted by Gasteiger charge is -2.12. The first-order chi connectivity index (χ1) is 7.86. The number of methoxy groups -OCH3 is 2. The maximum atomic E-state index is 5.14. The molecule has 0 N–H and O–H groups in total. The lowest BCUT2D eigenvalue weighted by molar-refractivity contribution is -0.106. The molecule has 0 radical (unpaired) electrons. The lowest BCUT2D eigenvalue weighted by atomic mass is 10.2. The summed E-state index contributed by atoms with van der Waals surface area (Å²) in [7, 11) is 3.37. The summed E-state index contributed by atoms with van der Waals surface area (Å²) in [5, 5.41) is 0. The Balaban J connectivity index is 2.04. The third-order valence-electron chi connectivity index (χ3n) is 2.37. The molecule has 2 nitrogen and oxygen atoms in total. The predicted octanol–water partition coefficient (Wildman–Crippen LogP) is 3.57. The first-order valence-electron chi connectivity index (χ1n) is 5.60. The summed E-state index contributed by atoms with van der Waals surface area (Å²) in [5.74, 6) is 1.16. The maximum Gasteiger partial charge on any atom is 0.156 e. The summed E-state index contributed by atoms with van der Waals surface area (Å²) in [6.45, 7) is 0. The molecule has 0 saturated heterocycles. The highest BCUT2D eigenvalue weighted by atomic mass is 32.2. The Morgan fingerprint density at radius 1 is 1.06 bits per heavy atom. The Bertz CT molecular complexity index is 260. The molecule has 0 atom stereocenters. The fourth-order valence-corrected chi connectivity index (χ4v) is 2.39. The molecule has 0 aromatic heterocycles. The lowest BCUT2D eigenvalue weighted by Crippen LogP contribution is -2.12. The second-order valence-corrected chi connectivity index (χ2v) is 4.73. The Morgan fingerprint density at radius 3 is 2.38 bits per heavy atom. The molecular weight excluding hydrogens is 220 g/mol. The Morgan fingerprint density at radius 2 is 1.75 bits per heavy atom. The minimum absolute atomic E-state index is 0.0401. The zero-order chi connectivity index (χ0) is 11.6. The fourth-order valence-electron chi connectivity index (χ4n) is 1.45. The fraction of sp³-hybridized carbons (Fsp3) is 0.538. The van der Waals surface area contributed by atoms with Gasteiger partial charge in [-0.2, -0.15) is 0 Å². The van der Waals surface area contributed by atoms with Crippen LogP contribution in [0.1, 0.15) is 19.3 Å².